The summed E-state index contributed by atoms with van der Waals surface area (Å²) >= 11 is 1.59. The largest absolute Gasteiger partial charge is 0.356 e. The van der Waals surface area contributed by atoms with Gasteiger partial charge in [0.05, 0.1) is 17.0 Å². The van der Waals surface area contributed by atoms with Crippen molar-refractivity contribution in [2.45, 2.75) is 26.7 Å². The van der Waals surface area contributed by atoms with Gasteiger partial charge in [-0.3, -0.25) is 4.79 Å². The van der Waals surface area contributed by atoms with E-state index in [2.05, 4.69) is 24.3 Å². The van der Waals surface area contributed by atoms with E-state index in [1.165, 1.54) is 0 Å². The molecule has 0 bridgehead atoms. The van der Waals surface area contributed by atoms with Crippen LogP contribution in [-0.4, -0.2) is 17.6 Å². The van der Waals surface area contributed by atoms with Gasteiger partial charge in [0.15, 0.2) is 5.76 Å². The van der Waals surface area contributed by atoms with E-state index in [0.29, 0.717) is 18.2 Å². The number of amides is 1. The molecular formula is C14H18N2O2S. The van der Waals surface area contributed by atoms with Crippen LogP contribution in [0.3, 0.4) is 0 Å². The second kappa shape index (κ2) is 6.52. The molecule has 0 saturated heterocycles. The molecule has 0 fully saturated rings. The molecule has 1 N–H and O–H groups in total. The molecule has 19 heavy (non-hydrogen) atoms. The number of carbonyl (C=O) groups excluding carboxylic acids is 1. The van der Waals surface area contributed by atoms with Gasteiger partial charge in [0, 0.05) is 12.6 Å². The maximum Gasteiger partial charge on any atom is 0.226 e. The summed E-state index contributed by atoms with van der Waals surface area (Å²) in [5.74, 6) is 1.31. The maximum atomic E-state index is 11.7. The molecule has 2 rings (SSSR count). The zero-order valence-corrected chi connectivity index (χ0v) is 12.0. The fourth-order valence-electron chi connectivity index (χ4n) is 1.66. The smallest absolute Gasteiger partial charge is 0.226 e. The molecule has 0 aromatic carbocycles. The fraction of sp³-hybridized carbons (Fsp3) is 0.429. The third-order valence-electron chi connectivity index (χ3n) is 2.71. The Kier molecular flexibility index (Phi) is 4.74. The van der Waals surface area contributed by atoms with E-state index in [1.54, 1.807) is 11.3 Å². The molecule has 0 atom stereocenters. The highest BCUT2D eigenvalue weighted by Gasteiger charge is 2.11. The average Bonchev–Trinajstić information content (AvgIpc) is 2.97. The Labute approximate surface area is 116 Å². The molecule has 5 heteroatoms. The standard InChI is InChI=1S/C14H18N2O2S/c1-10(2)5-6-15-14(17)9-11-8-12(18-16-11)13-4-3-7-19-13/h3-4,7-8,10H,5-6,9H2,1-2H3,(H,15,17). The average molecular weight is 278 g/mol. The van der Waals surface area contributed by atoms with Crippen molar-refractivity contribution in [3.63, 3.8) is 0 Å². The Hall–Kier alpha value is -1.62. The summed E-state index contributed by atoms with van der Waals surface area (Å²) in [5.41, 5.74) is 0.672. The zero-order chi connectivity index (χ0) is 13.7. The third-order valence-corrected chi connectivity index (χ3v) is 3.59. The summed E-state index contributed by atoms with van der Waals surface area (Å²) in [6.45, 7) is 4.99. The second-order valence-corrected chi connectivity index (χ2v) is 5.82. The number of nitrogens with zero attached hydrogens (tertiary/aromatic N) is 1. The summed E-state index contributed by atoms with van der Waals surface area (Å²) in [7, 11) is 0. The highest BCUT2D eigenvalue weighted by atomic mass is 32.1. The minimum atomic E-state index is -0.00770. The number of aromatic nitrogens is 1. The fourth-order valence-corrected chi connectivity index (χ4v) is 2.33. The summed E-state index contributed by atoms with van der Waals surface area (Å²) in [6.07, 6.45) is 1.26. The zero-order valence-electron chi connectivity index (χ0n) is 11.2. The molecule has 0 spiro atoms. The van der Waals surface area contributed by atoms with E-state index in [9.17, 15) is 4.79 Å². The molecule has 2 heterocycles. The number of rotatable bonds is 6. The van der Waals surface area contributed by atoms with Gasteiger partial charge < -0.3 is 9.84 Å². The lowest BCUT2D eigenvalue weighted by Gasteiger charge is -2.05. The Morgan fingerprint density at radius 3 is 3.05 bits per heavy atom. The van der Waals surface area contributed by atoms with Crippen LogP contribution in [0.5, 0.6) is 0 Å². The van der Waals surface area contributed by atoms with E-state index in [-0.39, 0.29) is 12.3 Å². The summed E-state index contributed by atoms with van der Waals surface area (Å²) in [4.78, 5) is 12.7. The van der Waals surface area contributed by atoms with E-state index in [0.717, 1.165) is 17.1 Å². The molecule has 0 aliphatic rings. The second-order valence-electron chi connectivity index (χ2n) is 4.87. The van der Waals surface area contributed by atoms with Crippen LogP contribution in [0.4, 0.5) is 0 Å². The van der Waals surface area contributed by atoms with E-state index >= 15 is 0 Å². The number of hydrogen-bond donors (Lipinski definition) is 1. The normalized spacial score (nSPS) is 10.9. The number of thiophene rings is 1. The van der Waals surface area contributed by atoms with Crippen LogP contribution in [0, 0.1) is 5.92 Å². The summed E-state index contributed by atoms with van der Waals surface area (Å²) in [6, 6.07) is 5.76. The first-order chi connectivity index (χ1) is 9.15. The SMILES string of the molecule is CC(C)CCNC(=O)Cc1cc(-c2cccs2)on1. The first-order valence-electron chi connectivity index (χ1n) is 6.41. The Balaban J connectivity index is 1.84. The van der Waals surface area contributed by atoms with Crippen molar-refractivity contribution in [1.82, 2.24) is 10.5 Å². The maximum absolute atomic E-state index is 11.7. The molecular weight excluding hydrogens is 260 g/mol. The van der Waals surface area contributed by atoms with Crippen LogP contribution in [0.1, 0.15) is 26.0 Å². The predicted octanol–water partition coefficient (Wildman–Crippen LogP) is 3.11. The Morgan fingerprint density at radius 1 is 1.53 bits per heavy atom. The number of hydrogen-bond acceptors (Lipinski definition) is 4. The topological polar surface area (TPSA) is 55.1 Å². The monoisotopic (exact) mass is 278 g/mol. The van der Waals surface area contributed by atoms with Crippen molar-refractivity contribution in [3.8, 4) is 10.6 Å². The summed E-state index contributed by atoms with van der Waals surface area (Å²) < 4.78 is 5.23. The molecule has 0 aliphatic heterocycles. The van der Waals surface area contributed by atoms with Crippen molar-refractivity contribution in [2.24, 2.45) is 5.92 Å². The lowest BCUT2D eigenvalue weighted by molar-refractivity contribution is -0.120. The van der Waals surface area contributed by atoms with Gasteiger partial charge in [0.2, 0.25) is 5.91 Å². The predicted molar refractivity (Wildman–Crippen MR) is 76.0 cm³/mol. The van der Waals surface area contributed by atoms with Crippen molar-refractivity contribution in [3.05, 3.63) is 29.3 Å². The van der Waals surface area contributed by atoms with Crippen LogP contribution in [0.25, 0.3) is 10.6 Å². The Morgan fingerprint density at radius 2 is 2.37 bits per heavy atom. The van der Waals surface area contributed by atoms with Crippen LogP contribution in [0.15, 0.2) is 28.1 Å². The lowest BCUT2D eigenvalue weighted by atomic mass is 10.1. The molecule has 0 radical (unpaired) electrons. The number of nitrogens with one attached hydrogen (secondary N) is 1. The first-order valence-corrected chi connectivity index (χ1v) is 7.29. The van der Waals surface area contributed by atoms with Crippen LogP contribution >= 0.6 is 11.3 Å². The van der Waals surface area contributed by atoms with E-state index in [1.807, 2.05) is 23.6 Å². The summed E-state index contributed by atoms with van der Waals surface area (Å²) in [5, 5.41) is 8.80. The van der Waals surface area contributed by atoms with Crippen molar-refractivity contribution in [2.75, 3.05) is 6.54 Å². The van der Waals surface area contributed by atoms with E-state index in [4.69, 9.17) is 4.52 Å². The highest BCUT2D eigenvalue weighted by Crippen LogP contribution is 2.25. The van der Waals surface area contributed by atoms with Crippen LogP contribution in [-0.2, 0) is 11.2 Å². The molecule has 0 saturated carbocycles. The minimum absolute atomic E-state index is 0.00770. The van der Waals surface area contributed by atoms with Crippen LogP contribution in [0.2, 0.25) is 0 Å². The van der Waals surface area contributed by atoms with Gasteiger partial charge in [0.25, 0.3) is 0 Å². The molecule has 4 nitrogen and oxygen atoms in total. The molecule has 1 amide bonds. The quantitative estimate of drug-likeness (QED) is 0.883. The molecule has 0 unspecified atom stereocenters. The van der Waals surface area contributed by atoms with Gasteiger partial charge in [-0.1, -0.05) is 25.1 Å². The Bertz CT molecular complexity index is 517. The van der Waals surface area contributed by atoms with Gasteiger partial charge in [-0.2, -0.15) is 0 Å². The van der Waals surface area contributed by atoms with E-state index < -0.39 is 0 Å². The lowest BCUT2D eigenvalue weighted by Crippen LogP contribution is -2.26. The molecule has 2 aromatic heterocycles. The molecule has 102 valence electrons. The van der Waals surface area contributed by atoms with Gasteiger partial charge in [0.1, 0.15) is 0 Å². The highest BCUT2D eigenvalue weighted by molar-refractivity contribution is 7.13. The van der Waals surface area contributed by atoms with Gasteiger partial charge >= 0.3 is 0 Å². The minimum Gasteiger partial charge on any atom is -0.356 e. The van der Waals surface area contributed by atoms with Gasteiger partial charge in [-0.05, 0) is 23.8 Å². The molecule has 2 aromatic rings. The van der Waals surface area contributed by atoms with Gasteiger partial charge in [-0.15, -0.1) is 11.3 Å². The molecule has 0 aliphatic carbocycles. The van der Waals surface area contributed by atoms with Crippen molar-refractivity contribution in [1.29, 1.82) is 0 Å². The third kappa shape index (κ3) is 4.21. The van der Waals surface area contributed by atoms with Gasteiger partial charge in [-0.25, -0.2) is 0 Å². The van der Waals surface area contributed by atoms with Crippen molar-refractivity contribution >= 4 is 17.2 Å². The van der Waals surface area contributed by atoms with Crippen molar-refractivity contribution < 1.29 is 9.32 Å². The number of carbonyl (C=O) groups is 1. The van der Waals surface area contributed by atoms with Crippen LogP contribution < -0.4 is 5.32 Å². The first kappa shape index (κ1) is 13.8.